The molecule has 4 N–H and O–H groups in total. The van der Waals surface area contributed by atoms with Crippen LogP contribution in [-0.2, 0) is 9.59 Å². The van der Waals surface area contributed by atoms with Crippen molar-refractivity contribution in [2.24, 2.45) is 10.7 Å². The van der Waals surface area contributed by atoms with Gasteiger partial charge in [0, 0.05) is 16.8 Å². The van der Waals surface area contributed by atoms with E-state index in [2.05, 4.69) is 10.3 Å². The molecule has 1 saturated carbocycles. The Hall–Kier alpha value is -3.12. The van der Waals surface area contributed by atoms with Crippen LogP contribution in [0.1, 0.15) is 32.1 Å². The normalized spacial score (nSPS) is 19.4. The summed E-state index contributed by atoms with van der Waals surface area (Å²) in [5.41, 5.74) is 4.63. The fraction of sp³-hybridized carbons (Fsp3) is 0.292. The van der Waals surface area contributed by atoms with E-state index in [9.17, 15) is 31.5 Å². The standard InChI is InChI=1S/C24H20ClF5N4O2S/c25-10-6-8-12(9-7-10)33-24-13(22(35)32-11-4-2-1-3-5-11)19(31)21(37-24)23(36)34-20-17(29)15(27)14(26)16(28)18(20)30/h6-9,11,21H,1-5,31H2,(H,32,35)(H,34,36). The summed E-state index contributed by atoms with van der Waals surface area (Å²) in [4.78, 5) is 30.5. The molecule has 13 heteroatoms. The molecule has 1 fully saturated rings. The number of benzene rings is 2. The van der Waals surface area contributed by atoms with Gasteiger partial charge in [-0.2, -0.15) is 0 Å². The Morgan fingerprint density at radius 2 is 1.49 bits per heavy atom. The molecular formula is C24H20ClF5N4O2S. The van der Waals surface area contributed by atoms with Gasteiger partial charge in [-0.1, -0.05) is 42.6 Å². The second-order valence-corrected chi connectivity index (χ2v) is 9.99. The van der Waals surface area contributed by atoms with E-state index in [1.54, 1.807) is 29.6 Å². The summed E-state index contributed by atoms with van der Waals surface area (Å²) in [6.45, 7) is 0. The van der Waals surface area contributed by atoms with Crippen LogP contribution in [0, 0.1) is 29.1 Å². The Morgan fingerprint density at radius 1 is 0.919 bits per heavy atom. The minimum Gasteiger partial charge on any atom is -0.400 e. The maximum absolute atomic E-state index is 14.1. The highest BCUT2D eigenvalue weighted by molar-refractivity contribution is 8.16. The second kappa shape index (κ2) is 11.1. The Morgan fingerprint density at radius 3 is 2.08 bits per heavy atom. The van der Waals surface area contributed by atoms with Crippen molar-refractivity contribution in [2.75, 3.05) is 5.32 Å². The highest BCUT2D eigenvalue weighted by Crippen LogP contribution is 2.37. The quantitative estimate of drug-likeness (QED) is 0.257. The van der Waals surface area contributed by atoms with Crippen LogP contribution in [0.3, 0.4) is 0 Å². The number of anilines is 1. The lowest BCUT2D eigenvalue weighted by Gasteiger charge is -2.23. The van der Waals surface area contributed by atoms with Gasteiger partial charge in [0.2, 0.25) is 11.7 Å². The van der Waals surface area contributed by atoms with Crippen LogP contribution in [0.25, 0.3) is 0 Å². The number of thioether (sulfide) groups is 1. The van der Waals surface area contributed by atoms with Crippen LogP contribution in [0.4, 0.5) is 33.3 Å². The summed E-state index contributed by atoms with van der Waals surface area (Å²) in [7, 11) is 0. The summed E-state index contributed by atoms with van der Waals surface area (Å²) in [5.74, 6) is -13.0. The van der Waals surface area contributed by atoms with Crippen molar-refractivity contribution < 1.29 is 31.5 Å². The van der Waals surface area contributed by atoms with E-state index < -0.39 is 51.8 Å². The molecule has 0 aromatic heterocycles. The molecule has 0 radical (unpaired) electrons. The minimum absolute atomic E-state index is 0.0469. The Labute approximate surface area is 217 Å². The number of carbonyl (C=O) groups is 2. The van der Waals surface area contributed by atoms with Crippen LogP contribution >= 0.6 is 23.4 Å². The number of aliphatic imine (C=N–C) groups is 1. The maximum Gasteiger partial charge on any atom is 0.256 e. The fourth-order valence-corrected chi connectivity index (χ4v) is 5.28. The topological polar surface area (TPSA) is 96.6 Å². The number of nitrogens with one attached hydrogen (secondary N) is 2. The van der Waals surface area contributed by atoms with Gasteiger partial charge in [-0.3, -0.25) is 9.59 Å². The average molecular weight is 559 g/mol. The van der Waals surface area contributed by atoms with Gasteiger partial charge in [0.1, 0.15) is 16.0 Å². The third-order valence-corrected chi connectivity index (χ3v) is 7.41. The highest BCUT2D eigenvalue weighted by atomic mass is 35.5. The monoisotopic (exact) mass is 558 g/mol. The van der Waals surface area contributed by atoms with Crippen molar-refractivity contribution in [3.63, 3.8) is 0 Å². The lowest BCUT2D eigenvalue weighted by Crippen LogP contribution is -2.38. The minimum atomic E-state index is -2.36. The molecule has 2 aliphatic rings. The third kappa shape index (κ3) is 5.59. The molecule has 1 heterocycles. The lowest BCUT2D eigenvalue weighted by atomic mass is 9.95. The van der Waals surface area contributed by atoms with Crippen molar-refractivity contribution in [3.8, 4) is 0 Å². The number of carbonyl (C=O) groups excluding carboxylic acids is 2. The molecule has 37 heavy (non-hydrogen) atoms. The summed E-state index contributed by atoms with van der Waals surface area (Å²) < 4.78 is 68.8. The molecule has 2 amide bonds. The molecule has 2 aromatic carbocycles. The van der Waals surface area contributed by atoms with Crippen molar-refractivity contribution in [1.29, 1.82) is 0 Å². The molecule has 1 atom stereocenters. The highest BCUT2D eigenvalue weighted by Gasteiger charge is 2.40. The van der Waals surface area contributed by atoms with Crippen LogP contribution in [0.5, 0.6) is 0 Å². The number of halogens is 6. The fourth-order valence-electron chi connectivity index (χ4n) is 4.03. The Kier molecular flexibility index (Phi) is 8.08. The Balaban J connectivity index is 1.67. The molecule has 0 saturated heterocycles. The first-order valence-corrected chi connectivity index (χ1v) is 12.5. The van der Waals surface area contributed by atoms with E-state index in [1.165, 1.54) is 0 Å². The van der Waals surface area contributed by atoms with E-state index in [1.807, 2.05) is 0 Å². The SMILES string of the molecule is NC1=C(C(=O)NC2CCCCC2)C(=Nc2ccc(Cl)cc2)SC1C(=O)Nc1c(F)c(F)c(F)c(F)c1F. The molecule has 4 rings (SSSR count). The molecular weight excluding hydrogens is 539 g/mol. The average Bonchev–Trinajstić information content (AvgIpc) is 3.21. The van der Waals surface area contributed by atoms with Crippen LogP contribution in [0.2, 0.25) is 5.02 Å². The van der Waals surface area contributed by atoms with Crippen LogP contribution < -0.4 is 16.4 Å². The Bertz CT molecular complexity index is 1280. The van der Waals surface area contributed by atoms with E-state index in [-0.39, 0.29) is 22.4 Å². The smallest absolute Gasteiger partial charge is 0.256 e. The van der Waals surface area contributed by atoms with Gasteiger partial charge in [0.25, 0.3) is 5.91 Å². The number of hydrogen-bond acceptors (Lipinski definition) is 5. The number of rotatable bonds is 5. The zero-order valence-corrected chi connectivity index (χ0v) is 20.6. The van der Waals surface area contributed by atoms with Crippen molar-refractivity contribution in [2.45, 2.75) is 43.4 Å². The summed E-state index contributed by atoms with van der Waals surface area (Å²) in [6, 6.07) is 6.13. The molecule has 2 aromatic rings. The zero-order valence-electron chi connectivity index (χ0n) is 19.0. The van der Waals surface area contributed by atoms with Crippen LogP contribution in [-0.4, -0.2) is 28.1 Å². The number of hydrogen-bond donors (Lipinski definition) is 3. The van der Waals surface area contributed by atoms with Crippen molar-refractivity contribution in [1.82, 2.24) is 5.32 Å². The maximum atomic E-state index is 14.1. The first kappa shape index (κ1) is 26.9. The van der Waals surface area contributed by atoms with Gasteiger partial charge in [-0.05, 0) is 37.1 Å². The van der Waals surface area contributed by atoms with E-state index in [0.29, 0.717) is 22.5 Å². The zero-order chi connectivity index (χ0) is 26.9. The molecule has 1 unspecified atom stereocenters. The molecule has 196 valence electrons. The van der Waals surface area contributed by atoms with E-state index in [0.717, 1.165) is 32.1 Å². The second-order valence-electron chi connectivity index (χ2n) is 8.46. The number of amides is 2. The largest absolute Gasteiger partial charge is 0.400 e. The predicted octanol–water partition coefficient (Wildman–Crippen LogP) is 5.48. The first-order chi connectivity index (χ1) is 17.6. The van der Waals surface area contributed by atoms with Gasteiger partial charge < -0.3 is 16.4 Å². The van der Waals surface area contributed by atoms with Gasteiger partial charge in [0.15, 0.2) is 23.3 Å². The molecule has 0 bridgehead atoms. The first-order valence-electron chi connectivity index (χ1n) is 11.2. The molecule has 6 nitrogen and oxygen atoms in total. The molecule has 1 aliphatic carbocycles. The van der Waals surface area contributed by atoms with Gasteiger partial charge in [-0.25, -0.2) is 26.9 Å². The molecule has 1 aliphatic heterocycles. The number of nitrogens with zero attached hydrogens (tertiary/aromatic N) is 1. The van der Waals surface area contributed by atoms with Crippen LogP contribution in [0.15, 0.2) is 40.5 Å². The van der Waals surface area contributed by atoms with Crippen molar-refractivity contribution in [3.05, 3.63) is 69.6 Å². The van der Waals surface area contributed by atoms with E-state index in [4.69, 9.17) is 17.3 Å². The van der Waals surface area contributed by atoms with E-state index >= 15 is 0 Å². The van der Waals surface area contributed by atoms with Gasteiger partial charge in [-0.15, -0.1) is 0 Å². The van der Waals surface area contributed by atoms with Gasteiger partial charge in [0.05, 0.1) is 11.3 Å². The predicted molar refractivity (Wildman–Crippen MR) is 131 cm³/mol. The summed E-state index contributed by atoms with van der Waals surface area (Å²) >= 11 is 6.61. The summed E-state index contributed by atoms with van der Waals surface area (Å²) in [5, 5.41) is 3.65. The number of nitrogens with two attached hydrogens (primary N) is 1. The lowest BCUT2D eigenvalue weighted by molar-refractivity contribution is -0.117. The van der Waals surface area contributed by atoms with Crippen molar-refractivity contribution >= 4 is 51.6 Å². The third-order valence-electron chi connectivity index (χ3n) is 5.94. The van der Waals surface area contributed by atoms with Gasteiger partial charge >= 0.3 is 0 Å². The summed E-state index contributed by atoms with van der Waals surface area (Å²) in [6.07, 6.45) is 4.45. The molecule has 0 spiro atoms.